The third kappa shape index (κ3) is 4.73. The van der Waals surface area contributed by atoms with Crippen molar-refractivity contribution in [2.75, 3.05) is 6.61 Å². The van der Waals surface area contributed by atoms with Gasteiger partial charge in [0, 0.05) is 18.1 Å². The highest BCUT2D eigenvalue weighted by Gasteiger charge is 2.18. The van der Waals surface area contributed by atoms with E-state index < -0.39 is 17.9 Å². The van der Waals surface area contributed by atoms with Crippen LogP contribution in [0.3, 0.4) is 0 Å². The number of carbonyl (C=O) groups excluding carboxylic acids is 1. The van der Waals surface area contributed by atoms with Crippen molar-refractivity contribution in [1.29, 1.82) is 0 Å². The normalized spacial score (nSPS) is 11.9. The van der Waals surface area contributed by atoms with Crippen molar-refractivity contribution in [3.05, 3.63) is 34.9 Å². The number of halogens is 1. The summed E-state index contributed by atoms with van der Waals surface area (Å²) in [6.45, 7) is -0.293. The monoisotopic (exact) mass is 271 g/mol. The van der Waals surface area contributed by atoms with E-state index in [2.05, 4.69) is 5.32 Å². The van der Waals surface area contributed by atoms with Crippen LogP contribution in [0.5, 0.6) is 0 Å². The third-order valence-corrected chi connectivity index (χ3v) is 2.58. The molecular formula is C12H14ClNO4. The second-order valence-electron chi connectivity index (χ2n) is 3.77. The molecule has 0 aromatic heterocycles. The predicted octanol–water partition coefficient (Wildman–Crippen LogP) is 0.834. The van der Waals surface area contributed by atoms with Gasteiger partial charge in [-0.2, -0.15) is 0 Å². The molecule has 0 aliphatic rings. The second kappa shape index (κ2) is 6.98. The number of carboxylic acid groups (broad SMARTS) is 1. The van der Waals surface area contributed by atoms with E-state index in [9.17, 15) is 9.59 Å². The average Bonchev–Trinajstić information content (AvgIpc) is 2.31. The van der Waals surface area contributed by atoms with Crippen molar-refractivity contribution in [2.45, 2.75) is 18.9 Å². The Hall–Kier alpha value is -1.59. The van der Waals surface area contributed by atoms with Gasteiger partial charge >= 0.3 is 5.97 Å². The molecule has 0 heterocycles. The number of aliphatic carboxylic acids is 1. The Balaban J connectivity index is 2.54. The van der Waals surface area contributed by atoms with Crippen LogP contribution in [0.15, 0.2) is 24.3 Å². The number of aliphatic hydroxyl groups is 1. The molecule has 6 heteroatoms. The fourth-order valence-corrected chi connectivity index (χ4v) is 1.55. The summed E-state index contributed by atoms with van der Waals surface area (Å²) in [6.07, 6.45) is 0.0636. The van der Waals surface area contributed by atoms with Crippen molar-refractivity contribution in [3.8, 4) is 0 Å². The molecule has 0 aliphatic heterocycles. The number of amides is 1. The zero-order chi connectivity index (χ0) is 13.5. The van der Waals surface area contributed by atoms with E-state index in [1.54, 1.807) is 24.3 Å². The molecule has 0 saturated heterocycles. The Labute approximate surface area is 109 Å². The maximum atomic E-state index is 11.6. The summed E-state index contributed by atoms with van der Waals surface area (Å²) in [4.78, 5) is 22.4. The molecule has 1 aromatic carbocycles. The molecule has 0 fully saturated rings. The van der Waals surface area contributed by atoms with Gasteiger partial charge in [-0.05, 0) is 17.7 Å². The molecule has 0 spiro atoms. The van der Waals surface area contributed by atoms with Gasteiger partial charge in [-0.3, -0.25) is 4.79 Å². The van der Waals surface area contributed by atoms with Gasteiger partial charge in [-0.15, -0.1) is 0 Å². The molecule has 1 rings (SSSR count). The molecule has 1 aromatic rings. The average molecular weight is 272 g/mol. The standard InChI is InChI=1S/C12H14ClNO4/c13-9-3-1-8(2-4-9)7-11(16)14-10(5-6-15)12(17)18/h1-4,10,15H,5-7H2,(H,14,16)(H,17,18)/t10-/m1/s1. The first-order chi connectivity index (χ1) is 8.52. The quantitative estimate of drug-likeness (QED) is 0.715. The number of hydrogen-bond donors (Lipinski definition) is 3. The van der Waals surface area contributed by atoms with Crippen LogP contribution in [0.25, 0.3) is 0 Å². The highest BCUT2D eigenvalue weighted by molar-refractivity contribution is 6.30. The van der Waals surface area contributed by atoms with E-state index in [1.165, 1.54) is 0 Å². The van der Waals surface area contributed by atoms with E-state index in [4.69, 9.17) is 21.8 Å². The number of carbonyl (C=O) groups is 2. The first kappa shape index (κ1) is 14.5. The maximum Gasteiger partial charge on any atom is 0.326 e. The number of benzene rings is 1. The van der Waals surface area contributed by atoms with Crippen molar-refractivity contribution < 1.29 is 19.8 Å². The van der Waals surface area contributed by atoms with Gasteiger partial charge in [-0.1, -0.05) is 23.7 Å². The molecule has 0 radical (unpaired) electrons. The van der Waals surface area contributed by atoms with E-state index in [0.29, 0.717) is 5.02 Å². The van der Waals surface area contributed by atoms with Gasteiger partial charge in [0.25, 0.3) is 0 Å². The van der Waals surface area contributed by atoms with E-state index in [1.807, 2.05) is 0 Å². The summed E-state index contributed by atoms with van der Waals surface area (Å²) >= 11 is 5.71. The summed E-state index contributed by atoms with van der Waals surface area (Å²) in [6, 6.07) is 5.65. The van der Waals surface area contributed by atoms with Gasteiger partial charge in [-0.25, -0.2) is 4.79 Å². The lowest BCUT2D eigenvalue weighted by molar-refractivity contribution is -0.142. The van der Waals surface area contributed by atoms with Gasteiger partial charge in [0.1, 0.15) is 6.04 Å². The molecule has 1 amide bonds. The fourth-order valence-electron chi connectivity index (χ4n) is 1.42. The smallest absolute Gasteiger partial charge is 0.326 e. The highest BCUT2D eigenvalue weighted by Crippen LogP contribution is 2.10. The van der Waals surface area contributed by atoms with Crippen LogP contribution in [0, 0.1) is 0 Å². The molecule has 3 N–H and O–H groups in total. The molecule has 1 atom stereocenters. The molecule has 18 heavy (non-hydrogen) atoms. The summed E-state index contributed by atoms with van der Waals surface area (Å²) in [5.41, 5.74) is 0.741. The second-order valence-corrected chi connectivity index (χ2v) is 4.21. The first-order valence-corrected chi connectivity index (χ1v) is 5.78. The molecule has 98 valence electrons. The minimum atomic E-state index is -1.16. The number of rotatable bonds is 6. The lowest BCUT2D eigenvalue weighted by Crippen LogP contribution is -2.42. The zero-order valence-electron chi connectivity index (χ0n) is 9.60. The Bertz CT molecular complexity index is 419. The Kier molecular flexibility index (Phi) is 5.61. The van der Waals surface area contributed by atoms with Gasteiger partial charge in [0.2, 0.25) is 5.91 Å². The lowest BCUT2D eigenvalue weighted by atomic mass is 10.1. The van der Waals surface area contributed by atoms with E-state index in [-0.39, 0.29) is 19.4 Å². The van der Waals surface area contributed by atoms with Crippen molar-refractivity contribution >= 4 is 23.5 Å². The fraction of sp³-hybridized carbons (Fsp3) is 0.333. The zero-order valence-corrected chi connectivity index (χ0v) is 10.4. The topological polar surface area (TPSA) is 86.6 Å². The SMILES string of the molecule is O=C(Cc1ccc(Cl)cc1)N[C@H](CCO)C(=O)O. The summed E-state index contributed by atoms with van der Waals surface area (Å²) in [5.74, 6) is -1.56. The maximum absolute atomic E-state index is 11.6. The Morgan fingerprint density at radius 3 is 2.39 bits per heavy atom. The summed E-state index contributed by atoms with van der Waals surface area (Å²) in [5, 5.41) is 20.4. The molecule has 5 nitrogen and oxygen atoms in total. The number of hydrogen-bond acceptors (Lipinski definition) is 3. The van der Waals surface area contributed by atoms with Gasteiger partial charge in [0.15, 0.2) is 0 Å². The molecule has 0 saturated carbocycles. The summed E-state index contributed by atoms with van der Waals surface area (Å²) < 4.78 is 0. The predicted molar refractivity (Wildman–Crippen MR) is 66.4 cm³/mol. The van der Waals surface area contributed by atoms with Gasteiger partial charge < -0.3 is 15.5 Å². The summed E-state index contributed by atoms with van der Waals surface area (Å²) in [7, 11) is 0. The third-order valence-electron chi connectivity index (χ3n) is 2.33. The van der Waals surface area contributed by atoms with Crippen molar-refractivity contribution in [1.82, 2.24) is 5.32 Å². The molecular weight excluding hydrogens is 258 g/mol. The number of carboxylic acids is 1. The minimum absolute atomic E-state index is 0.0122. The van der Waals surface area contributed by atoms with Crippen LogP contribution >= 0.6 is 11.6 Å². The van der Waals surface area contributed by atoms with Crippen LogP contribution in [0.4, 0.5) is 0 Å². The van der Waals surface area contributed by atoms with Crippen LogP contribution in [0.1, 0.15) is 12.0 Å². The molecule has 0 aliphatic carbocycles. The lowest BCUT2D eigenvalue weighted by Gasteiger charge is -2.13. The first-order valence-electron chi connectivity index (χ1n) is 5.40. The van der Waals surface area contributed by atoms with Crippen LogP contribution in [-0.4, -0.2) is 34.7 Å². The van der Waals surface area contributed by atoms with Crippen molar-refractivity contribution in [2.24, 2.45) is 0 Å². The largest absolute Gasteiger partial charge is 0.480 e. The van der Waals surface area contributed by atoms with Crippen LogP contribution < -0.4 is 5.32 Å². The Morgan fingerprint density at radius 2 is 1.89 bits per heavy atom. The van der Waals surface area contributed by atoms with E-state index >= 15 is 0 Å². The number of aliphatic hydroxyl groups excluding tert-OH is 1. The van der Waals surface area contributed by atoms with Crippen LogP contribution in [0.2, 0.25) is 5.02 Å². The van der Waals surface area contributed by atoms with Crippen LogP contribution in [-0.2, 0) is 16.0 Å². The molecule has 0 bridgehead atoms. The molecule has 0 unspecified atom stereocenters. The highest BCUT2D eigenvalue weighted by atomic mass is 35.5. The Morgan fingerprint density at radius 1 is 1.28 bits per heavy atom. The minimum Gasteiger partial charge on any atom is -0.480 e. The van der Waals surface area contributed by atoms with Gasteiger partial charge in [0.05, 0.1) is 6.42 Å². The van der Waals surface area contributed by atoms with Crippen molar-refractivity contribution in [3.63, 3.8) is 0 Å². The van der Waals surface area contributed by atoms with E-state index in [0.717, 1.165) is 5.56 Å². The number of nitrogens with one attached hydrogen (secondary N) is 1.